The quantitative estimate of drug-likeness (QED) is 0.552. The summed E-state index contributed by atoms with van der Waals surface area (Å²) in [5.41, 5.74) is 0. The van der Waals surface area contributed by atoms with Crippen LogP contribution in [0.2, 0.25) is 0 Å². The molecule has 2 N–H and O–H groups in total. The topological polar surface area (TPSA) is 101 Å². The standard InChI is InChI=1S/2C8H14O3/c1-5(2)3-6-4-7(9)11-8(6)10;1-6(2)3-7(5-9)4-8(10)11/h5-6,8,10H,3-4H2,1-2H3;5-7H,3-4H2,1-2H3,(H,10,11). The number of hydrogen-bond acceptors (Lipinski definition) is 5. The van der Waals surface area contributed by atoms with Gasteiger partial charge in [-0.3, -0.25) is 9.59 Å². The Hall–Kier alpha value is -1.43. The fourth-order valence-electron chi connectivity index (χ4n) is 2.42. The molecule has 0 aromatic carbocycles. The lowest BCUT2D eigenvalue weighted by Gasteiger charge is -2.13. The van der Waals surface area contributed by atoms with Gasteiger partial charge in [0.2, 0.25) is 6.29 Å². The predicted octanol–water partition coefficient (Wildman–Crippen LogP) is 2.24. The second kappa shape index (κ2) is 10.3. The minimum atomic E-state index is -0.900. The maximum Gasteiger partial charge on any atom is 0.308 e. The van der Waals surface area contributed by atoms with Crippen LogP contribution in [0.5, 0.6) is 0 Å². The smallest absolute Gasteiger partial charge is 0.308 e. The Morgan fingerprint density at radius 1 is 1.32 bits per heavy atom. The van der Waals surface area contributed by atoms with Crippen molar-refractivity contribution in [3.8, 4) is 0 Å². The molecule has 1 saturated heterocycles. The van der Waals surface area contributed by atoms with Crippen LogP contribution in [0.4, 0.5) is 0 Å². The first-order valence-electron chi connectivity index (χ1n) is 7.70. The fraction of sp³-hybridized carbons (Fsp3) is 0.812. The van der Waals surface area contributed by atoms with Gasteiger partial charge in [0.05, 0.1) is 12.8 Å². The van der Waals surface area contributed by atoms with E-state index in [1.165, 1.54) is 0 Å². The molecule has 0 aliphatic carbocycles. The van der Waals surface area contributed by atoms with Crippen molar-refractivity contribution in [1.29, 1.82) is 0 Å². The molecule has 3 atom stereocenters. The number of aliphatic carboxylic acids is 1. The number of cyclic esters (lactones) is 1. The van der Waals surface area contributed by atoms with E-state index in [4.69, 9.17) is 10.2 Å². The zero-order chi connectivity index (χ0) is 17.3. The monoisotopic (exact) mass is 316 g/mol. The minimum absolute atomic E-state index is 0.0162. The number of esters is 1. The molecular weight excluding hydrogens is 288 g/mol. The summed E-state index contributed by atoms with van der Waals surface area (Å²) in [6.07, 6.45) is 1.72. The van der Waals surface area contributed by atoms with E-state index >= 15 is 0 Å². The zero-order valence-corrected chi connectivity index (χ0v) is 13.8. The van der Waals surface area contributed by atoms with Gasteiger partial charge in [-0.15, -0.1) is 0 Å². The third kappa shape index (κ3) is 9.50. The van der Waals surface area contributed by atoms with E-state index in [1.807, 2.05) is 13.8 Å². The molecule has 6 heteroatoms. The van der Waals surface area contributed by atoms with Crippen molar-refractivity contribution < 1.29 is 29.3 Å². The number of carboxylic acid groups (broad SMARTS) is 1. The lowest BCUT2D eigenvalue weighted by atomic mass is 9.95. The molecule has 0 saturated carbocycles. The average molecular weight is 316 g/mol. The van der Waals surface area contributed by atoms with E-state index in [0.29, 0.717) is 24.7 Å². The number of hydrogen-bond donors (Lipinski definition) is 2. The highest BCUT2D eigenvalue weighted by Crippen LogP contribution is 2.26. The van der Waals surface area contributed by atoms with E-state index in [9.17, 15) is 14.4 Å². The maximum absolute atomic E-state index is 10.7. The van der Waals surface area contributed by atoms with Crippen LogP contribution in [0.3, 0.4) is 0 Å². The van der Waals surface area contributed by atoms with Gasteiger partial charge in [-0.05, 0) is 24.7 Å². The summed E-state index contributed by atoms with van der Waals surface area (Å²) >= 11 is 0. The van der Waals surface area contributed by atoms with Crippen LogP contribution >= 0.6 is 0 Å². The summed E-state index contributed by atoms with van der Waals surface area (Å²) in [4.78, 5) is 31.2. The molecule has 1 fully saturated rings. The highest BCUT2D eigenvalue weighted by Gasteiger charge is 2.33. The molecule has 0 amide bonds. The van der Waals surface area contributed by atoms with Gasteiger partial charge < -0.3 is 19.7 Å². The van der Waals surface area contributed by atoms with E-state index in [2.05, 4.69) is 18.6 Å². The molecule has 1 rings (SSSR count). The summed E-state index contributed by atoms with van der Waals surface area (Å²) in [5.74, 6) is -0.588. The molecule has 1 aliphatic heterocycles. The lowest BCUT2D eigenvalue weighted by molar-refractivity contribution is -0.156. The van der Waals surface area contributed by atoms with Crippen LogP contribution < -0.4 is 0 Å². The Kier molecular flexibility index (Phi) is 9.65. The summed E-state index contributed by atoms with van der Waals surface area (Å²) in [6, 6.07) is 0. The van der Waals surface area contributed by atoms with Crippen molar-refractivity contribution in [2.24, 2.45) is 23.7 Å². The molecule has 0 radical (unpaired) electrons. The van der Waals surface area contributed by atoms with Crippen molar-refractivity contribution >= 4 is 18.2 Å². The van der Waals surface area contributed by atoms with Gasteiger partial charge in [-0.2, -0.15) is 0 Å². The average Bonchev–Trinajstić information content (AvgIpc) is 2.65. The molecule has 3 unspecified atom stereocenters. The zero-order valence-electron chi connectivity index (χ0n) is 13.8. The molecule has 6 nitrogen and oxygen atoms in total. The number of aldehydes is 1. The molecule has 0 aromatic rings. The van der Waals surface area contributed by atoms with Crippen LogP contribution in [0.15, 0.2) is 0 Å². The third-order valence-electron chi connectivity index (χ3n) is 3.26. The lowest BCUT2D eigenvalue weighted by Crippen LogP contribution is -2.16. The molecule has 0 bridgehead atoms. The molecule has 22 heavy (non-hydrogen) atoms. The van der Waals surface area contributed by atoms with E-state index < -0.39 is 12.3 Å². The number of ether oxygens (including phenoxy) is 1. The number of carboxylic acids is 1. The van der Waals surface area contributed by atoms with Gasteiger partial charge >= 0.3 is 11.9 Å². The number of carbonyl (C=O) groups is 3. The molecular formula is C16H28O6. The van der Waals surface area contributed by atoms with E-state index in [1.54, 1.807) is 0 Å². The molecule has 1 aliphatic rings. The number of aliphatic hydroxyl groups is 1. The van der Waals surface area contributed by atoms with Crippen LogP contribution in [0.1, 0.15) is 53.4 Å². The second-order valence-corrected chi connectivity index (χ2v) is 6.60. The van der Waals surface area contributed by atoms with Gasteiger partial charge in [-0.25, -0.2) is 0 Å². The maximum atomic E-state index is 10.7. The summed E-state index contributed by atoms with van der Waals surface area (Å²) in [5, 5.41) is 17.5. The summed E-state index contributed by atoms with van der Waals surface area (Å²) < 4.78 is 4.59. The first kappa shape index (κ1) is 20.6. The fourth-order valence-corrected chi connectivity index (χ4v) is 2.42. The molecule has 128 valence electrons. The minimum Gasteiger partial charge on any atom is -0.481 e. The largest absolute Gasteiger partial charge is 0.481 e. The van der Waals surface area contributed by atoms with Crippen molar-refractivity contribution in [2.45, 2.75) is 59.7 Å². The summed E-state index contributed by atoms with van der Waals surface area (Å²) in [6.45, 7) is 8.07. The van der Waals surface area contributed by atoms with Gasteiger partial charge in [-0.1, -0.05) is 27.7 Å². The van der Waals surface area contributed by atoms with Gasteiger partial charge in [0.25, 0.3) is 0 Å². The Morgan fingerprint density at radius 3 is 2.23 bits per heavy atom. The first-order chi connectivity index (χ1) is 10.1. The molecule has 1 heterocycles. The van der Waals surface area contributed by atoms with Crippen molar-refractivity contribution in [2.75, 3.05) is 0 Å². The van der Waals surface area contributed by atoms with Crippen molar-refractivity contribution in [3.05, 3.63) is 0 Å². The van der Waals surface area contributed by atoms with Gasteiger partial charge in [0, 0.05) is 11.8 Å². The Labute approximate surface area is 131 Å². The Bertz CT molecular complexity index is 364. The Balaban J connectivity index is 0.000000401. The van der Waals surface area contributed by atoms with E-state index in [0.717, 1.165) is 12.7 Å². The SMILES string of the molecule is CC(C)CC(C=O)CC(=O)O.CC(C)CC1CC(=O)OC1O. The first-order valence-corrected chi connectivity index (χ1v) is 7.70. The number of carbonyl (C=O) groups excluding carboxylic acids is 2. The van der Waals surface area contributed by atoms with E-state index in [-0.39, 0.29) is 24.2 Å². The number of aliphatic hydroxyl groups excluding tert-OH is 1. The van der Waals surface area contributed by atoms with Crippen LogP contribution in [-0.4, -0.2) is 34.7 Å². The van der Waals surface area contributed by atoms with Gasteiger partial charge in [0.15, 0.2) is 0 Å². The highest BCUT2D eigenvalue weighted by atomic mass is 16.6. The highest BCUT2D eigenvalue weighted by molar-refractivity contribution is 5.72. The normalized spacial score (nSPS) is 22.0. The van der Waals surface area contributed by atoms with Crippen LogP contribution in [0, 0.1) is 23.7 Å². The molecule has 0 spiro atoms. The van der Waals surface area contributed by atoms with Crippen LogP contribution in [-0.2, 0) is 19.1 Å². The third-order valence-corrected chi connectivity index (χ3v) is 3.26. The number of rotatable bonds is 7. The van der Waals surface area contributed by atoms with Crippen LogP contribution in [0.25, 0.3) is 0 Å². The van der Waals surface area contributed by atoms with Crippen molar-refractivity contribution in [1.82, 2.24) is 0 Å². The summed E-state index contributed by atoms with van der Waals surface area (Å²) in [7, 11) is 0. The van der Waals surface area contributed by atoms with Gasteiger partial charge in [0.1, 0.15) is 6.29 Å². The second-order valence-electron chi connectivity index (χ2n) is 6.60. The molecule has 0 aromatic heterocycles. The van der Waals surface area contributed by atoms with Crippen molar-refractivity contribution in [3.63, 3.8) is 0 Å². The Morgan fingerprint density at radius 2 is 1.91 bits per heavy atom. The predicted molar refractivity (Wildman–Crippen MR) is 80.9 cm³/mol.